The molecule has 1 fully saturated rings. The van der Waals surface area contributed by atoms with E-state index in [2.05, 4.69) is 17.2 Å². The number of carbonyl (C=O) groups is 2. The second kappa shape index (κ2) is 9.74. The first-order valence-corrected chi connectivity index (χ1v) is 9.72. The highest BCUT2D eigenvalue weighted by Gasteiger charge is 2.21. The summed E-state index contributed by atoms with van der Waals surface area (Å²) in [5.41, 5.74) is 1.86. The van der Waals surface area contributed by atoms with E-state index in [-0.39, 0.29) is 17.7 Å². The third-order valence-corrected chi connectivity index (χ3v) is 4.85. The molecule has 1 aliphatic carbocycles. The zero-order valence-corrected chi connectivity index (χ0v) is 15.9. The minimum absolute atomic E-state index is 0.0679. The lowest BCUT2D eigenvalue weighted by Gasteiger charge is -2.20. The van der Waals surface area contributed by atoms with Gasteiger partial charge in [0, 0.05) is 22.9 Å². The Balaban J connectivity index is 1.59. The van der Waals surface area contributed by atoms with Gasteiger partial charge in [-0.2, -0.15) is 0 Å². The molecule has 0 bridgehead atoms. The maximum atomic E-state index is 12.5. The number of hydrogen-bond acceptors (Lipinski definition) is 3. The van der Waals surface area contributed by atoms with Gasteiger partial charge in [-0.25, -0.2) is 0 Å². The van der Waals surface area contributed by atoms with Gasteiger partial charge < -0.3 is 15.4 Å². The maximum absolute atomic E-state index is 12.5. The van der Waals surface area contributed by atoms with Gasteiger partial charge >= 0.3 is 0 Å². The average Bonchev–Trinajstić information content (AvgIpc) is 2.73. The van der Waals surface area contributed by atoms with Crippen molar-refractivity contribution in [2.24, 2.45) is 5.92 Å². The second-order valence-electron chi connectivity index (χ2n) is 6.98. The Labute approximate surface area is 165 Å². The van der Waals surface area contributed by atoms with Crippen LogP contribution >= 0.6 is 0 Å². The molecule has 1 saturated carbocycles. The van der Waals surface area contributed by atoms with Crippen LogP contribution in [0.15, 0.2) is 61.2 Å². The van der Waals surface area contributed by atoms with Crippen LogP contribution in [0, 0.1) is 5.92 Å². The molecule has 2 N–H and O–H groups in total. The van der Waals surface area contributed by atoms with E-state index < -0.39 is 0 Å². The second-order valence-corrected chi connectivity index (χ2v) is 6.98. The molecule has 5 heteroatoms. The van der Waals surface area contributed by atoms with Gasteiger partial charge in [0.05, 0.1) is 0 Å². The molecule has 0 unspecified atom stereocenters. The van der Waals surface area contributed by atoms with Crippen molar-refractivity contribution in [2.75, 3.05) is 17.2 Å². The molecule has 0 atom stereocenters. The van der Waals surface area contributed by atoms with Crippen LogP contribution in [-0.4, -0.2) is 18.4 Å². The van der Waals surface area contributed by atoms with Gasteiger partial charge in [-0.05, 0) is 55.3 Å². The molecule has 2 amide bonds. The molecule has 28 heavy (non-hydrogen) atoms. The highest BCUT2D eigenvalue weighted by atomic mass is 16.5. The lowest BCUT2D eigenvalue weighted by atomic mass is 9.88. The predicted molar refractivity (Wildman–Crippen MR) is 112 cm³/mol. The number of rotatable bonds is 7. The van der Waals surface area contributed by atoms with Crippen LogP contribution < -0.4 is 15.4 Å². The quantitative estimate of drug-likeness (QED) is 0.665. The van der Waals surface area contributed by atoms with Crippen LogP contribution in [0.25, 0.3) is 0 Å². The zero-order chi connectivity index (χ0) is 19.8. The van der Waals surface area contributed by atoms with Crippen molar-refractivity contribution in [3.8, 4) is 5.75 Å². The lowest BCUT2D eigenvalue weighted by Crippen LogP contribution is -2.24. The molecule has 3 rings (SSSR count). The smallest absolute Gasteiger partial charge is 0.255 e. The van der Waals surface area contributed by atoms with Crippen LogP contribution in [0.2, 0.25) is 0 Å². The van der Waals surface area contributed by atoms with Crippen LogP contribution in [0.4, 0.5) is 11.4 Å². The Bertz CT molecular complexity index is 824. The molecular weight excluding hydrogens is 352 g/mol. The summed E-state index contributed by atoms with van der Waals surface area (Å²) in [6.07, 6.45) is 7.02. The van der Waals surface area contributed by atoms with Crippen LogP contribution in [-0.2, 0) is 4.79 Å². The molecule has 1 aliphatic rings. The summed E-state index contributed by atoms with van der Waals surface area (Å²) in [6.45, 7) is 4.03. The van der Waals surface area contributed by atoms with Crippen LogP contribution in [0.5, 0.6) is 5.75 Å². The van der Waals surface area contributed by atoms with Crippen molar-refractivity contribution in [3.05, 3.63) is 66.7 Å². The Hall–Kier alpha value is -3.08. The van der Waals surface area contributed by atoms with Crippen molar-refractivity contribution < 1.29 is 14.3 Å². The largest absolute Gasteiger partial charge is 0.490 e. The van der Waals surface area contributed by atoms with Gasteiger partial charge in [-0.15, -0.1) is 0 Å². The predicted octanol–water partition coefficient (Wildman–Crippen LogP) is 5.02. The lowest BCUT2D eigenvalue weighted by molar-refractivity contribution is -0.120. The Kier molecular flexibility index (Phi) is 6.84. The van der Waals surface area contributed by atoms with Gasteiger partial charge in [-0.3, -0.25) is 9.59 Å². The molecule has 0 radical (unpaired) electrons. The van der Waals surface area contributed by atoms with Crippen molar-refractivity contribution in [3.63, 3.8) is 0 Å². The fourth-order valence-electron chi connectivity index (χ4n) is 3.34. The Morgan fingerprint density at radius 3 is 2.36 bits per heavy atom. The number of nitrogens with one attached hydrogen (secondary N) is 2. The first-order chi connectivity index (χ1) is 13.7. The molecule has 2 aromatic rings. The molecule has 5 nitrogen and oxygen atoms in total. The van der Waals surface area contributed by atoms with E-state index in [4.69, 9.17) is 4.74 Å². The number of carbonyl (C=O) groups excluding carboxylic acids is 2. The molecule has 0 saturated heterocycles. The normalized spacial score (nSPS) is 14.1. The van der Waals surface area contributed by atoms with Gasteiger partial charge in [0.2, 0.25) is 5.91 Å². The third kappa shape index (κ3) is 5.46. The maximum Gasteiger partial charge on any atom is 0.255 e. The standard InChI is InChI=1S/C23H26N2O3/c1-2-15-28-21-13-11-18(12-14-21)23(27)25-20-10-6-9-19(16-20)24-22(26)17-7-4-3-5-8-17/h2,6,9-14,16-17H,1,3-5,7-8,15H2,(H,24,26)(H,25,27). The fraction of sp³-hybridized carbons (Fsp3) is 0.304. The summed E-state index contributed by atoms with van der Waals surface area (Å²) in [4.78, 5) is 24.9. The van der Waals surface area contributed by atoms with E-state index >= 15 is 0 Å². The Morgan fingerprint density at radius 1 is 1.00 bits per heavy atom. The van der Waals surface area contributed by atoms with Gasteiger partial charge in [0.15, 0.2) is 0 Å². The summed E-state index contributed by atoms with van der Waals surface area (Å²) in [7, 11) is 0. The zero-order valence-electron chi connectivity index (χ0n) is 15.9. The van der Waals surface area contributed by atoms with Gasteiger partial charge in [-0.1, -0.05) is 38.0 Å². The van der Waals surface area contributed by atoms with Crippen LogP contribution in [0.1, 0.15) is 42.5 Å². The summed E-state index contributed by atoms with van der Waals surface area (Å²) in [5, 5.41) is 5.84. The van der Waals surface area contributed by atoms with Crippen molar-refractivity contribution >= 4 is 23.2 Å². The monoisotopic (exact) mass is 378 g/mol. The first kappa shape index (κ1) is 19.7. The summed E-state index contributed by atoms with van der Waals surface area (Å²) in [5.74, 6) is 0.627. The van der Waals surface area contributed by atoms with E-state index in [0.29, 0.717) is 29.3 Å². The van der Waals surface area contributed by atoms with E-state index in [9.17, 15) is 9.59 Å². The van der Waals surface area contributed by atoms with Crippen molar-refractivity contribution in [2.45, 2.75) is 32.1 Å². The summed E-state index contributed by atoms with van der Waals surface area (Å²) < 4.78 is 5.42. The van der Waals surface area contributed by atoms with Crippen molar-refractivity contribution in [1.29, 1.82) is 0 Å². The molecule has 0 spiro atoms. The molecule has 0 aliphatic heterocycles. The highest BCUT2D eigenvalue weighted by Crippen LogP contribution is 2.25. The third-order valence-electron chi connectivity index (χ3n) is 4.85. The Morgan fingerprint density at radius 2 is 1.68 bits per heavy atom. The molecular formula is C23H26N2O3. The number of ether oxygens (including phenoxy) is 1. The van der Waals surface area contributed by atoms with E-state index in [1.807, 2.05) is 12.1 Å². The van der Waals surface area contributed by atoms with E-state index in [1.54, 1.807) is 42.5 Å². The summed E-state index contributed by atoms with van der Waals surface area (Å²) in [6, 6.07) is 14.2. The average molecular weight is 378 g/mol. The molecule has 0 heterocycles. The minimum Gasteiger partial charge on any atom is -0.490 e. The van der Waals surface area contributed by atoms with E-state index in [1.165, 1.54) is 6.42 Å². The SMILES string of the molecule is C=CCOc1ccc(C(=O)Nc2cccc(NC(=O)C3CCCCC3)c2)cc1. The highest BCUT2D eigenvalue weighted by molar-refractivity contribution is 6.04. The molecule has 146 valence electrons. The number of amides is 2. The van der Waals surface area contributed by atoms with Gasteiger partial charge in [0.1, 0.15) is 12.4 Å². The van der Waals surface area contributed by atoms with Crippen molar-refractivity contribution in [1.82, 2.24) is 0 Å². The van der Waals surface area contributed by atoms with Gasteiger partial charge in [0.25, 0.3) is 5.91 Å². The van der Waals surface area contributed by atoms with Crippen LogP contribution in [0.3, 0.4) is 0 Å². The number of hydrogen-bond donors (Lipinski definition) is 2. The number of benzene rings is 2. The van der Waals surface area contributed by atoms with E-state index in [0.717, 1.165) is 25.7 Å². The summed E-state index contributed by atoms with van der Waals surface area (Å²) >= 11 is 0. The fourth-order valence-corrected chi connectivity index (χ4v) is 3.34. The minimum atomic E-state index is -0.217. The molecule has 0 aromatic heterocycles. The number of anilines is 2. The first-order valence-electron chi connectivity index (χ1n) is 9.72. The molecule has 2 aromatic carbocycles. The topological polar surface area (TPSA) is 67.4 Å².